The lowest BCUT2D eigenvalue weighted by atomic mass is 10.0. The normalized spacial score (nSPS) is 16.8. The fraction of sp³-hybridized carbons (Fsp3) is 0. The molecule has 0 saturated heterocycles. The van der Waals surface area contributed by atoms with Crippen LogP contribution in [0, 0.1) is 0 Å². The van der Waals surface area contributed by atoms with Crippen LogP contribution in [0.1, 0.15) is 5.56 Å². The molecule has 1 aliphatic heterocycles. The molecule has 1 aromatic rings. The Morgan fingerprint density at radius 1 is 0.944 bits per heavy atom. The first-order valence-corrected chi connectivity index (χ1v) is 5.91. The number of hydrogen-bond acceptors (Lipinski definition) is 2. The summed E-state index contributed by atoms with van der Waals surface area (Å²) in [6.07, 6.45) is 10.3. The third kappa shape index (κ3) is 1.91. The average Bonchev–Trinajstić information content (AvgIpc) is 2.39. The Bertz CT molecular complexity index is 630. The summed E-state index contributed by atoms with van der Waals surface area (Å²) < 4.78 is 5.78. The van der Waals surface area contributed by atoms with Crippen LogP contribution in [0.3, 0.4) is 0 Å². The van der Waals surface area contributed by atoms with Crippen LogP contribution in [0.2, 0.25) is 5.02 Å². The van der Waals surface area contributed by atoms with Crippen LogP contribution < -0.4 is 4.74 Å². The highest BCUT2D eigenvalue weighted by Crippen LogP contribution is 2.34. The molecule has 88 valence electrons. The summed E-state index contributed by atoms with van der Waals surface area (Å²) in [4.78, 5) is 11.1. The van der Waals surface area contributed by atoms with E-state index in [0.717, 1.165) is 16.9 Å². The number of hydrogen-bond donors (Lipinski definition) is 0. The lowest BCUT2D eigenvalue weighted by Gasteiger charge is -2.17. The van der Waals surface area contributed by atoms with Gasteiger partial charge in [0.25, 0.3) is 0 Å². The van der Waals surface area contributed by atoms with Gasteiger partial charge in [0.1, 0.15) is 11.5 Å². The number of allylic oxidation sites excluding steroid dienone is 6. The van der Waals surface area contributed by atoms with Crippen molar-refractivity contribution in [3.63, 3.8) is 0 Å². The minimum atomic E-state index is -0.0115. The molecule has 0 amide bonds. The van der Waals surface area contributed by atoms with Crippen LogP contribution in [0.25, 0.3) is 6.08 Å². The number of rotatable bonds is 0. The topological polar surface area (TPSA) is 26.3 Å². The Kier molecular flexibility index (Phi) is 2.65. The van der Waals surface area contributed by atoms with Gasteiger partial charge in [-0.05, 0) is 48.6 Å². The Balaban J connectivity index is 2.02. The molecule has 0 saturated carbocycles. The minimum absolute atomic E-state index is 0.0115. The zero-order chi connectivity index (χ0) is 12.5. The summed E-state index contributed by atoms with van der Waals surface area (Å²) in [5.41, 5.74) is 1.75. The van der Waals surface area contributed by atoms with Crippen LogP contribution in [0.4, 0.5) is 0 Å². The minimum Gasteiger partial charge on any atom is -0.456 e. The van der Waals surface area contributed by atoms with Crippen LogP contribution in [0.5, 0.6) is 5.75 Å². The van der Waals surface area contributed by atoms with Crippen molar-refractivity contribution >= 4 is 23.5 Å². The van der Waals surface area contributed by atoms with Crippen LogP contribution in [-0.2, 0) is 4.79 Å². The summed E-state index contributed by atoms with van der Waals surface area (Å²) in [5.74, 6) is 1.43. The van der Waals surface area contributed by atoms with Gasteiger partial charge in [-0.3, -0.25) is 4.79 Å². The smallest absolute Gasteiger partial charge is 0.178 e. The van der Waals surface area contributed by atoms with Gasteiger partial charge in [0.05, 0.1) is 5.02 Å². The molecular weight excluding hydrogens is 248 g/mol. The molecule has 0 bridgehead atoms. The van der Waals surface area contributed by atoms with E-state index in [1.807, 2.05) is 30.4 Å². The Morgan fingerprint density at radius 2 is 1.72 bits per heavy atom. The fourth-order valence-electron chi connectivity index (χ4n) is 1.85. The van der Waals surface area contributed by atoms with E-state index in [1.165, 1.54) is 12.2 Å². The van der Waals surface area contributed by atoms with Crippen molar-refractivity contribution in [2.75, 3.05) is 0 Å². The van der Waals surface area contributed by atoms with Crippen LogP contribution in [0.15, 0.2) is 59.9 Å². The quantitative estimate of drug-likeness (QED) is 0.708. The first-order chi connectivity index (χ1) is 8.74. The van der Waals surface area contributed by atoms with Gasteiger partial charge in [-0.2, -0.15) is 0 Å². The van der Waals surface area contributed by atoms with E-state index in [1.54, 1.807) is 12.2 Å². The fourth-order valence-corrected chi connectivity index (χ4v) is 2.08. The first-order valence-electron chi connectivity index (χ1n) is 5.53. The molecule has 0 radical (unpaired) electrons. The molecular formula is C15H9ClO2. The Morgan fingerprint density at radius 3 is 2.50 bits per heavy atom. The highest BCUT2D eigenvalue weighted by atomic mass is 35.5. The number of ether oxygens (including phenoxy) is 1. The number of halogens is 1. The maximum absolute atomic E-state index is 11.1. The number of ketones is 1. The van der Waals surface area contributed by atoms with E-state index >= 15 is 0 Å². The number of carbonyl (C=O) groups excluding carboxylic acids is 1. The van der Waals surface area contributed by atoms with Crippen molar-refractivity contribution in [1.29, 1.82) is 0 Å². The molecule has 0 aromatic heterocycles. The second kappa shape index (κ2) is 4.31. The maximum atomic E-state index is 11.1. The number of fused-ring (bicyclic) bond motifs is 1. The number of benzene rings is 1. The largest absolute Gasteiger partial charge is 0.456 e. The molecule has 3 rings (SSSR count). The highest BCUT2D eigenvalue weighted by molar-refractivity contribution is 6.32. The van der Waals surface area contributed by atoms with Crippen molar-refractivity contribution in [3.8, 4) is 5.75 Å². The molecule has 0 atom stereocenters. The highest BCUT2D eigenvalue weighted by Gasteiger charge is 2.14. The van der Waals surface area contributed by atoms with Crippen molar-refractivity contribution in [3.05, 3.63) is 70.5 Å². The van der Waals surface area contributed by atoms with E-state index in [9.17, 15) is 4.79 Å². The third-order valence-corrected chi connectivity index (χ3v) is 3.10. The van der Waals surface area contributed by atoms with Crippen molar-refractivity contribution in [1.82, 2.24) is 0 Å². The molecule has 18 heavy (non-hydrogen) atoms. The molecule has 0 spiro atoms. The monoisotopic (exact) mass is 256 g/mol. The molecule has 1 aliphatic carbocycles. The predicted molar refractivity (Wildman–Crippen MR) is 71.4 cm³/mol. The van der Waals surface area contributed by atoms with Gasteiger partial charge in [-0.1, -0.05) is 17.7 Å². The third-order valence-electron chi connectivity index (χ3n) is 2.77. The van der Waals surface area contributed by atoms with Crippen molar-refractivity contribution in [2.24, 2.45) is 0 Å². The zero-order valence-electron chi connectivity index (χ0n) is 9.39. The van der Waals surface area contributed by atoms with Gasteiger partial charge >= 0.3 is 0 Å². The van der Waals surface area contributed by atoms with Crippen molar-refractivity contribution < 1.29 is 9.53 Å². The molecule has 1 heterocycles. The van der Waals surface area contributed by atoms with Gasteiger partial charge in [0.15, 0.2) is 5.78 Å². The van der Waals surface area contributed by atoms with E-state index in [0.29, 0.717) is 10.8 Å². The van der Waals surface area contributed by atoms with E-state index < -0.39 is 0 Å². The van der Waals surface area contributed by atoms with E-state index in [-0.39, 0.29) is 5.78 Å². The van der Waals surface area contributed by atoms with Gasteiger partial charge in [-0.25, -0.2) is 0 Å². The lowest BCUT2D eigenvalue weighted by molar-refractivity contribution is -0.110. The summed E-state index contributed by atoms with van der Waals surface area (Å²) in [7, 11) is 0. The van der Waals surface area contributed by atoms with Crippen molar-refractivity contribution in [2.45, 2.75) is 0 Å². The summed E-state index contributed by atoms with van der Waals surface area (Å²) in [6.45, 7) is 0. The Hall–Kier alpha value is -2.06. The standard InChI is InChI=1S/C15H9ClO2/c16-13-2-1-3-15-12(13)8-9-14(18-15)10-4-6-11(17)7-5-10/h1-9H. The van der Waals surface area contributed by atoms with Crippen LogP contribution in [-0.4, -0.2) is 5.78 Å². The SMILES string of the molecule is O=C1C=CC(=C2C=Cc3c(Cl)cccc3O2)C=C1. The second-order valence-corrected chi connectivity index (χ2v) is 4.38. The average molecular weight is 257 g/mol. The molecule has 0 fully saturated rings. The molecule has 1 aromatic carbocycles. The predicted octanol–water partition coefficient (Wildman–Crippen LogP) is 3.69. The van der Waals surface area contributed by atoms with Gasteiger partial charge < -0.3 is 4.74 Å². The summed E-state index contributed by atoms with van der Waals surface area (Å²) in [5, 5.41) is 0.665. The molecule has 3 heteroatoms. The summed E-state index contributed by atoms with van der Waals surface area (Å²) >= 11 is 6.07. The Labute approximate surface area is 110 Å². The lowest BCUT2D eigenvalue weighted by Crippen LogP contribution is -2.03. The molecule has 2 aliphatic rings. The van der Waals surface area contributed by atoms with Gasteiger partial charge in [-0.15, -0.1) is 0 Å². The number of carbonyl (C=O) groups is 1. The van der Waals surface area contributed by atoms with E-state index in [2.05, 4.69) is 0 Å². The van der Waals surface area contributed by atoms with Crippen LogP contribution >= 0.6 is 11.6 Å². The maximum Gasteiger partial charge on any atom is 0.178 e. The first kappa shape index (κ1) is 11.1. The molecule has 0 N–H and O–H groups in total. The van der Waals surface area contributed by atoms with E-state index in [4.69, 9.17) is 16.3 Å². The molecule has 0 unspecified atom stereocenters. The zero-order valence-corrected chi connectivity index (χ0v) is 10.1. The second-order valence-electron chi connectivity index (χ2n) is 3.98. The van der Waals surface area contributed by atoms with Gasteiger partial charge in [0, 0.05) is 11.1 Å². The summed E-state index contributed by atoms with van der Waals surface area (Å²) in [6, 6.07) is 5.54. The molecule has 2 nitrogen and oxygen atoms in total. The van der Waals surface area contributed by atoms with Gasteiger partial charge in [0.2, 0.25) is 0 Å².